The number of halogens is 1. The normalized spacial score (nSPS) is 17.2. The maximum Gasteiger partial charge on any atom is 0.218 e. The highest BCUT2D eigenvalue weighted by Gasteiger charge is 2.26. The molecular weight excluding hydrogens is 382 g/mol. The summed E-state index contributed by atoms with van der Waals surface area (Å²) in [4.78, 5) is 11.9. The van der Waals surface area contributed by atoms with Gasteiger partial charge < -0.3 is 4.74 Å². The Balaban J connectivity index is 2.21. The highest BCUT2D eigenvalue weighted by atomic mass is 35.5. The summed E-state index contributed by atoms with van der Waals surface area (Å²) in [6.07, 6.45) is 5.35. The molecule has 2 rings (SSSR count). The number of aromatic nitrogens is 1. The number of pyridine rings is 1. The van der Waals surface area contributed by atoms with E-state index in [1.165, 1.54) is 12.8 Å². The van der Waals surface area contributed by atoms with E-state index in [0.29, 0.717) is 11.1 Å². The molecule has 1 aromatic rings. The predicted octanol–water partition coefficient (Wildman–Crippen LogP) is 5.96. The second-order valence-electron chi connectivity index (χ2n) is 7.56. The molecule has 0 N–H and O–H groups in total. The van der Waals surface area contributed by atoms with Gasteiger partial charge in [0.15, 0.2) is 0 Å². The monoisotopic (exact) mass is 409 g/mol. The molecule has 1 saturated carbocycles. The number of azide groups is 1. The Labute approximate surface area is 170 Å². The Morgan fingerprint density at radius 3 is 2.78 bits per heavy atom. The lowest BCUT2D eigenvalue weighted by atomic mass is 9.98. The van der Waals surface area contributed by atoms with Crippen LogP contribution in [0.2, 0.25) is 5.15 Å². The van der Waals surface area contributed by atoms with Crippen LogP contribution >= 0.6 is 23.4 Å². The first-order chi connectivity index (χ1) is 12.7. The average Bonchev–Trinajstić information content (AvgIpc) is 3.38. The second kappa shape index (κ2) is 9.67. The van der Waals surface area contributed by atoms with Crippen LogP contribution < -0.4 is 0 Å². The summed E-state index contributed by atoms with van der Waals surface area (Å²) in [5.41, 5.74) is 9.91. The van der Waals surface area contributed by atoms with Crippen molar-refractivity contribution >= 4 is 29.3 Å². The van der Waals surface area contributed by atoms with Crippen molar-refractivity contribution in [2.75, 3.05) is 5.75 Å². The molecule has 1 heterocycles. The molecule has 2 atom stereocenters. The van der Waals surface area contributed by atoms with Gasteiger partial charge in [-0.25, -0.2) is 9.98 Å². The zero-order valence-corrected chi connectivity index (χ0v) is 18.2. The number of rotatable bonds is 9. The SMILES string of the molecule is Cc1cc(Cl)ncc1C(=NC(C)C(C)(C)N=[N+]=[N-])OC(C)CCSC1CC1. The zero-order valence-electron chi connectivity index (χ0n) is 16.6. The summed E-state index contributed by atoms with van der Waals surface area (Å²) in [7, 11) is 0. The molecule has 148 valence electrons. The Morgan fingerprint density at radius 2 is 2.19 bits per heavy atom. The minimum absolute atomic E-state index is 0.0276. The number of ether oxygens (including phenoxy) is 1. The number of hydrogen-bond acceptors (Lipinski definition) is 5. The van der Waals surface area contributed by atoms with Crippen LogP contribution in [0.25, 0.3) is 10.4 Å². The Kier molecular flexibility index (Phi) is 7.83. The van der Waals surface area contributed by atoms with Crippen molar-refractivity contribution in [1.82, 2.24) is 4.98 Å². The van der Waals surface area contributed by atoms with Crippen LogP contribution in [0.15, 0.2) is 22.4 Å². The number of hydrogen-bond donors (Lipinski definition) is 0. The van der Waals surface area contributed by atoms with Crippen LogP contribution in [0.4, 0.5) is 0 Å². The lowest BCUT2D eigenvalue weighted by molar-refractivity contribution is 0.203. The number of nitrogens with zero attached hydrogens (tertiary/aromatic N) is 5. The van der Waals surface area contributed by atoms with E-state index in [4.69, 9.17) is 26.9 Å². The lowest BCUT2D eigenvalue weighted by Crippen LogP contribution is -2.32. The molecule has 2 unspecified atom stereocenters. The second-order valence-corrected chi connectivity index (χ2v) is 9.36. The maximum absolute atomic E-state index is 8.82. The van der Waals surface area contributed by atoms with Crippen molar-refractivity contribution in [2.24, 2.45) is 10.1 Å². The Hall–Kier alpha value is -1.43. The Bertz CT molecular complexity index is 729. The van der Waals surface area contributed by atoms with E-state index in [9.17, 15) is 0 Å². The highest BCUT2D eigenvalue weighted by Crippen LogP contribution is 2.34. The molecule has 0 amide bonds. The van der Waals surface area contributed by atoms with E-state index in [1.807, 2.05) is 39.5 Å². The molecule has 1 aliphatic carbocycles. The number of thioether (sulfide) groups is 1. The van der Waals surface area contributed by atoms with Crippen molar-refractivity contribution in [1.29, 1.82) is 0 Å². The molecule has 0 aliphatic heterocycles. The fraction of sp³-hybridized carbons (Fsp3) is 0.684. The van der Waals surface area contributed by atoms with Gasteiger partial charge >= 0.3 is 0 Å². The van der Waals surface area contributed by atoms with Gasteiger partial charge in [-0.3, -0.25) is 0 Å². The maximum atomic E-state index is 8.82. The van der Waals surface area contributed by atoms with Crippen LogP contribution in [-0.4, -0.2) is 39.6 Å². The van der Waals surface area contributed by atoms with Gasteiger partial charge in [0.05, 0.1) is 23.2 Å². The molecule has 1 aliphatic rings. The summed E-state index contributed by atoms with van der Waals surface area (Å²) in [5.74, 6) is 1.60. The number of aliphatic imine (C=N–C) groups is 1. The summed E-state index contributed by atoms with van der Waals surface area (Å²) < 4.78 is 6.22. The highest BCUT2D eigenvalue weighted by molar-refractivity contribution is 8.00. The van der Waals surface area contributed by atoms with E-state index in [1.54, 1.807) is 12.3 Å². The molecule has 1 fully saturated rings. The molecule has 0 radical (unpaired) electrons. The van der Waals surface area contributed by atoms with Crippen molar-refractivity contribution < 1.29 is 4.74 Å². The standard InChI is InChI=1S/C19H28ClN5OS/c1-12-10-17(20)22-11-16(12)18(23-14(3)19(4,5)24-25-21)26-13(2)8-9-27-15-6-7-15/h10-11,13-15H,6-9H2,1-5H3. The topological polar surface area (TPSA) is 83.2 Å². The molecule has 0 bridgehead atoms. The summed E-state index contributed by atoms with van der Waals surface area (Å²) in [6, 6.07) is 1.54. The first-order valence-electron chi connectivity index (χ1n) is 9.27. The third kappa shape index (κ3) is 6.91. The van der Waals surface area contributed by atoms with Crippen LogP contribution in [-0.2, 0) is 4.74 Å². The van der Waals surface area contributed by atoms with E-state index in [2.05, 4.69) is 21.9 Å². The van der Waals surface area contributed by atoms with Gasteiger partial charge in [0, 0.05) is 16.4 Å². The van der Waals surface area contributed by atoms with E-state index in [-0.39, 0.29) is 12.1 Å². The van der Waals surface area contributed by atoms with Gasteiger partial charge in [-0.15, -0.1) is 0 Å². The third-order valence-electron chi connectivity index (χ3n) is 4.66. The van der Waals surface area contributed by atoms with Gasteiger partial charge in [0.25, 0.3) is 0 Å². The third-order valence-corrected chi connectivity index (χ3v) is 6.28. The molecule has 8 heteroatoms. The molecule has 27 heavy (non-hydrogen) atoms. The van der Waals surface area contributed by atoms with Crippen LogP contribution in [0.5, 0.6) is 0 Å². The summed E-state index contributed by atoms with van der Waals surface area (Å²) >= 11 is 8.02. The first-order valence-corrected chi connectivity index (χ1v) is 10.7. The van der Waals surface area contributed by atoms with Gasteiger partial charge in [-0.1, -0.05) is 30.6 Å². The molecule has 0 spiro atoms. The summed E-state index contributed by atoms with van der Waals surface area (Å²) in [5, 5.41) is 5.15. The van der Waals surface area contributed by atoms with E-state index < -0.39 is 5.54 Å². The fourth-order valence-electron chi connectivity index (χ4n) is 2.33. The largest absolute Gasteiger partial charge is 0.474 e. The lowest BCUT2D eigenvalue weighted by Gasteiger charge is -2.25. The van der Waals surface area contributed by atoms with Crippen molar-refractivity contribution in [2.45, 2.75) is 76.8 Å². The van der Waals surface area contributed by atoms with Crippen molar-refractivity contribution in [3.8, 4) is 0 Å². The molecule has 0 aromatic carbocycles. The van der Waals surface area contributed by atoms with Crippen LogP contribution in [0.1, 0.15) is 58.1 Å². The fourth-order valence-corrected chi connectivity index (χ4v) is 3.81. The van der Waals surface area contributed by atoms with Gasteiger partial charge in [0.1, 0.15) is 5.15 Å². The minimum Gasteiger partial charge on any atom is -0.474 e. The minimum atomic E-state index is -0.665. The van der Waals surface area contributed by atoms with Crippen LogP contribution in [0.3, 0.4) is 0 Å². The van der Waals surface area contributed by atoms with Gasteiger partial charge in [0.2, 0.25) is 5.90 Å². The van der Waals surface area contributed by atoms with E-state index in [0.717, 1.165) is 28.6 Å². The average molecular weight is 410 g/mol. The van der Waals surface area contributed by atoms with Gasteiger partial charge in [-0.2, -0.15) is 11.8 Å². The van der Waals surface area contributed by atoms with E-state index >= 15 is 0 Å². The molecule has 6 nitrogen and oxygen atoms in total. The molecule has 0 saturated heterocycles. The smallest absolute Gasteiger partial charge is 0.218 e. The molecular formula is C19H28ClN5OS. The predicted molar refractivity (Wildman–Crippen MR) is 114 cm³/mol. The Morgan fingerprint density at radius 1 is 1.48 bits per heavy atom. The zero-order chi connectivity index (χ0) is 20.0. The van der Waals surface area contributed by atoms with Crippen LogP contribution in [0, 0.1) is 6.92 Å². The first kappa shape index (κ1) is 21.9. The quantitative estimate of drug-likeness (QED) is 0.126. The molecule has 1 aromatic heterocycles. The summed E-state index contributed by atoms with van der Waals surface area (Å²) in [6.45, 7) is 9.66. The van der Waals surface area contributed by atoms with Gasteiger partial charge in [-0.05, 0) is 62.9 Å². The van der Waals surface area contributed by atoms with Crippen molar-refractivity contribution in [3.63, 3.8) is 0 Å². The van der Waals surface area contributed by atoms with Crippen molar-refractivity contribution in [3.05, 3.63) is 39.0 Å². The number of aryl methyl sites for hydroxylation is 1.